The van der Waals surface area contributed by atoms with Gasteiger partial charge in [0.25, 0.3) is 5.82 Å². The van der Waals surface area contributed by atoms with Gasteiger partial charge in [-0.1, -0.05) is 50.5 Å². The molecular weight excluding hydrogens is 288 g/mol. The Hall–Kier alpha value is -2.10. The molecule has 0 atom stereocenters. The number of carboxylic acids is 1. The quantitative estimate of drug-likeness (QED) is 0.554. The number of aryl methyl sites for hydroxylation is 1. The highest BCUT2D eigenvalue weighted by Crippen LogP contribution is 2.09. The molecule has 0 radical (unpaired) electrons. The van der Waals surface area contributed by atoms with Crippen LogP contribution in [-0.4, -0.2) is 10.5 Å². The van der Waals surface area contributed by atoms with E-state index in [9.17, 15) is 9.90 Å². The van der Waals surface area contributed by atoms with E-state index in [1.54, 1.807) is 12.1 Å². The SMILES string of the molecule is CCCCCCc1n(C)c(C)c[n+]1Cc1ccc(C(=O)[O-])cc1. The Bertz CT molecular complexity index is 657. The zero-order valence-corrected chi connectivity index (χ0v) is 14.3. The average molecular weight is 314 g/mol. The van der Waals surface area contributed by atoms with Crippen LogP contribution in [0.2, 0.25) is 0 Å². The lowest BCUT2D eigenvalue weighted by atomic mass is 10.1. The van der Waals surface area contributed by atoms with Gasteiger partial charge in [0.2, 0.25) is 0 Å². The number of aromatic carboxylic acids is 1. The Labute approximate surface area is 138 Å². The van der Waals surface area contributed by atoms with E-state index in [0.29, 0.717) is 0 Å². The summed E-state index contributed by atoms with van der Waals surface area (Å²) in [6.45, 7) is 5.10. The molecule has 2 rings (SSSR count). The third kappa shape index (κ3) is 4.44. The highest BCUT2D eigenvalue weighted by atomic mass is 16.4. The summed E-state index contributed by atoms with van der Waals surface area (Å²) in [6.07, 6.45) is 8.24. The molecule has 1 aromatic heterocycles. The summed E-state index contributed by atoms with van der Waals surface area (Å²) in [7, 11) is 2.11. The molecule has 4 heteroatoms. The van der Waals surface area contributed by atoms with Crippen LogP contribution >= 0.6 is 0 Å². The van der Waals surface area contributed by atoms with Crippen LogP contribution in [0.15, 0.2) is 30.5 Å². The second-order valence-corrected chi connectivity index (χ2v) is 6.17. The topological polar surface area (TPSA) is 48.9 Å². The van der Waals surface area contributed by atoms with Gasteiger partial charge in [0.05, 0.1) is 13.0 Å². The molecule has 0 aliphatic carbocycles. The largest absolute Gasteiger partial charge is 0.545 e. The number of unbranched alkanes of at least 4 members (excludes halogenated alkanes) is 3. The Kier molecular flexibility index (Phi) is 5.97. The zero-order valence-electron chi connectivity index (χ0n) is 14.3. The van der Waals surface area contributed by atoms with E-state index < -0.39 is 5.97 Å². The number of imidazole rings is 1. The number of hydrogen-bond donors (Lipinski definition) is 0. The van der Waals surface area contributed by atoms with Crippen LogP contribution in [0.25, 0.3) is 0 Å². The molecule has 0 spiro atoms. The molecule has 4 nitrogen and oxygen atoms in total. The molecule has 23 heavy (non-hydrogen) atoms. The van der Waals surface area contributed by atoms with Crippen molar-refractivity contribution in [3.8, 4) is 0 Å². The smallest absolute Gasteiger partial charge is 0.256 e. The maximum atomic E-state index is 10.8. The Morgan fingerprint density at radius 1 is 1.17 bits per heavy atom. The summed E-state index contributed by atoms with van der Waals surface area (Å²) in [6, 6.07) is 6.95. The molecule has 0 N–H and O–H groups in total. The van der Waals surface area contributed by atoms with Gasteiger partial charge >= 0.3 is 0 Å². The molecule has 0 bridgehead atoms. The number of benzene rings is 1. The van der Waals surface area contributed by atoms with Crippen molar-refractivity contribution in [3.63, 3.8) is 0 Å². The van der Waals surface area contributed by atoms with Crippen LogP contribution in [0.5, 0.6) is 0 Å². The third-order valence-electron chi connectivity index (χ3n) is 4.39. The van der Waals surface area contributed by atoms with E-state index in [-0.39, 0.29) is 5.56 Å². The van der Waals surface area contributed by atoms with Crippen LogP contribution in [0, 0.1) is 6.92 Å². The minimum atomic E-state index is -1.13. The highest BCUT2D eigenvalue weighted by molar-refractivity contribution is 5.85. The number of carbonyl (C=O) groups is 1. The van der Waals surface area contributed by atoms with Crippen molar-refractivity contribution in [3.05, 3.63) is 53.1 Å². The average Bonchev–Trinajstić information content (AvgIpc) is 2.79. The molecule has 0 saturated heterocycles. The van der Waals surface area contributed by atoms with Crippen molar-refractivity contribution in [2.24, 2.45) is 7.05 Å². The lowest BCUT2D eigenvalue weighted by Crippen LogP contribution is -2.37. The second kappa shape index (κ2) is 7.95. The number of aromatic nitrogens is 2. The number of hydrogen-bond acceptors (Lipinski definition) is 2. The number of rotatable bonds is 8. The van der Waals surface area contributed by atoms with E-state index in [1.165, 1.54) is 37.2 Å². The first kappa shape index (κ1) is 17.3. The first-order valence-electron chi connectivity index (χ1n) is 8.37. The van der Waals surface area contributed by atoms with Crippen LogP contribution in [0.1, 0.15) is 60.0 Å². The minimum absolute atomic E-state index is 0.225. The van der Waals surface area contributed by atoms with Crippen LogP contribution in [-0.2, 0) is 20.0 Å². The molecular formula is C19H26N2O2. The number of nitrogens with zero attached hydrogens (tertiary/aromatic N) is 2. The van der Waals surface area contributed by atoms with Gasteiger partial charge in [0, 0.05) is 13.3 Å². The maximum Gasteiger partial charge on any atom is 0.256 e. The van der Waals surface area contributed by atoms with Gasteiger partial charge in [-0.2, -0.15) is 0 Å². The predicted octanol–water partition coefficient (Wildman–Crippen LogP) is 2.16. The van der Waals surface area contributed by atoms with Gasteiger partial charge < -0.3 is 9.90 Å². The van der Waals surface area contributed by atoms with Crippen LogP contribution in [0.4, 0.5) is 0 Å². The van der Waals surface area contributed by atoms with E-state index >= 15 is 0 Å². The Morgan fingerprint density at radius 2 is 1.87 bits per heavy atom. The molecule has 124 valence electrons. The molecule has 0 amide bonds. The molecule has 1 heterocycles. The van der Waals surface area contributed by atoms with Crippen LogP contribution in [0.3, 0.4) is 0 Å². The highest BCUT2D eigenvalue weighted by Gasteiger charge is 2.17. The molecule has 0 aliphatic heterocycles. The predicted molar refractivity (Wildman–Crippen MR) is 88.1 cm³/mol. The monoisotopic (exact) mass is 314 g/mol. The Balaban J connectivity index is 2.12. The maximum absolute atomic E-state index is 10.8. The van der Waals surface area contributed by atoms with E-state index in [2.05, 4.69) is 36.2 Å². The van der Waals surface area contributed by atoms with Gasteiger partial charge in [-0.15, -0.1) is 0 Å². The first-order valence-corrected chi connectivity index (χ1v) is 8.37. The fourth-order valence-corrected chi connectivity index (χ4v) is 2.88. The standard InChI is InChI=1S/C19H26N2O2/c1-4-5-6-7-8-18-20(3)15(2)13-21(18)14-16-9-11-17(12-10-16)19(22)23/h9-13H,4-8,14H2,1-3H3. The summed E-state index contributed by atoms with van der Waals surface area (Å²) in [5, 5.41) is 10.8. The lowest BCUT2D eigenvalue weighted by Gasteiger charge is -2.06. The second-order valence-electron chi connectivity index (χ2n) is 6.17. The van der Waals surface area contributed by atoms with E-state index in [4.69, 9.17) is 0 Å². The van der Waals surface area contributed by atoms with Crippen LogP contribution < -0.4 is 9.67 Å². The van der Waals surface area contributed by atoms with Crippen molar-refractivity contribution in [2.45, 2.75) is 52.5 Å². The molecule has 2 aromatic rings. The van der Waals surface area contributed by atoms with Gasteiger partial charge in [-0.05, 0) is 17.5 Å². The normalized spacial score (nSPS) is 10.9. The number of carbonyl (C=O) groups excluding carboxylic acids is 1. The van der Waals surface area contributed by atoms with E-state index in [0.717, 1.165) is 18.5 Å². The van der Waals surface area contributed by atoms with Gasteiger partial charge in [0.1, 0.15) is 18.4 Å². The van der Waals surface area contributed by atoms with Crippen molar-refractivity contribution in [1.29, 1.82) is 0 Å². The number of carboxylic acid groups (broad SMARTS) is 1. The third-order valence-corrected chi connectivity index (χ3v) is 4.39. The first-order chi connectivity index (χ1) is 11.0. The fourth-order valence-electron chi connectivity index (χ4n) is 2.88. The van der Waals surface area contributed by atoms with Gasteiger partial charge in [-0.3, -0.25) is 0 Å². The molecule has 0 saturated carbocycles. The van der Waals surface area contributed by atoms with Crippen molar-refractivity contribution >= 4 is 5.97 Å². The van der Waals surface area contributed by atoms with Crippen molar-refractivity contribution in [2.75, 3.05) is 0 Å². The zero-order chi connectivity index (χ0) is 16.8. The minimum Gasteiger partial charge on any atom is -0.545 e. The summed E-state index contributed by atoms with van der Waals surface area (Å²) >= 11 is 0. The summed E-state index contributed by atoms with van der Waals surface area (Å²) in [5.41, 5.74) is 2.56. The molecule has 0 aliphatic rings. The summed E-state index contributed by atoms with van der Waals surface area (Å²) < 4.78 is 4.52. The summed E-state index contributed by atoms with van der Waals surface area (Å²) in [5.74, 6) is 0.193. The van der Waals surface area contributed by atoms with Crippen molar-refractivity contribution < 1.29 is 14.5 Å². The Morgan fingerprint density at radius 3 is 2.48 bits per heavy atom. The lowest BCUT2D eigenvalue weighted by molar-refractivity contribution is -0.695. The fraction of sp³-hybridized carbons (Fsp3) is 0.474. The molecule has 1 aromatic carbocycles. The summed E-state index contributed by atoms with van der Waals surface area (Å²) in [4.78, 5) is 10.8. The van der Waals surface area contributed by atoms with E-state index in [1.807, 2.05) is 12.1 Å². The molecule has 0 unspecified atom stereocenters. The van der Waals surface area contributed by atoms with Gasteiger partial charge in [0.15, 0.2) is 0 Å². The van der Waals surface area contributed by atoms with Crippen molar-refractivity contribution in [1.82, 2.24) is 4.57 Å². The van der Waals surface area contributed by atoms with Gasteiger partial charge in [-0.25, -0.2) is 9.13 Å². The molecule has 0 fully saturated rings.